The Morgan fingerprint density at radius 2 is 1.11 bits per heavy atom. The molecule has 0 amide bonds. The van der Waals surface area contributed by atoms with Crippen LogP contribution in [0.1, 0.15) is 46.4 Å². The minimum absolute atomic E-state index is 0.120. The topological polar surface area (TPSA) is 34.1 Å². The van der Waals surface area contributed by atoms with Crippen LogP contribution in [0.25, 0.3) is 0 Å². The van der Waals surface area contributed by atoms with Gasteiger partial charge in [-0.05, 0) is 37.5 Å². The maximum Gasteiger partial charge on any atom is 0.190 e. The highest BCUT2D eigenvalue weighted by atomic mass is 16.1. The number of carbonyl (C=O) groups excluding carboxylic acids is 2. The van der Waals surface area contributed by atoms with E-state index in [-0.39, 0.29) is 11.6 Å². The summed E-state index contributed by atoms with van der Waals surface area (Å²) in [7, 11) is 0. The van der Waals surface area contributed by atoms with E-state index in [0.717, 1.165) is 36.8 Å². The highest BCUT2D eigenvalue weighted by Gasteiger charge is 2.44. The van der Waals surface area contributed by atoms with Gasteiger partial charge in [0.2, 0.25) is 0 Å². The van der Waals surface area contributed by atoms with Gasteiger partial charge in [-0.3, -0.25) is 9.59 Å². The molecule has 1 saturated carbocycles. The van der Waals surface area contributed by atoms with Gasteiger partial charge in [0.05, 0.1) is 0 Å². The summed E-state index contributed by atoms with van der Waals surface area (Å²) < 4.78 is 0. The number of hydrogen-bond acceptors (Lipinski definition) is 2. The number of carbonyl (C=O) groups is 2. The Hall–Kier alpha value is -1.70. The zero-order chi connectivity index (χ0) is 12.3. The molecular weight excluding hydrogens is 224 g/mol. The van der Waals surface area contributed by atoms with Crippen molar-refractivity contribution in [3.05, 3.63) is 46.5 Å². The molecule has 0 unspecified atom stereocenters. The molecule has 1 fully saturated rings. The number of benzene rings is 1. The Bertz CT molecular complexity index is 548. The summed E-state index contributed by atoms with van der Waals surface area (Å²) in [5.74, 6) is 0.925. The first-order valence-electron chi connectivity index (χ1n) is 6.70. The second-order valence-electron chi connectivity index (χ2n) is 5.58. The van der Waals surface area contributed by atoms with Crippen LogP contribution in [0, 0.1) is 11.8 Å². The van der Waals surface area contributed by atoms with Gasteiger partial charge in [-0.15, -0.1) is 0 Å². The van der Waals surface area contributed by atoms with Crippen LogP contribution in [0.15, 0.2) is 35.4 Å². The van der Waals surface area contributed by atoms with Crippen LogP contribution in [0.3, 0.4) is 0 Å². The number of ketones is 2. The maximum absolute atomic E-state index is 12.6. The normalized spacial score (nSPS) is 29.3. The molecule has 0 atom stereocenters. The molecule has 4 aliphatic rings. The molecule has 2 heteroatoms. The van der Waals surface area contributed by atoms with Crippen molar-refractivity contribution in [2.75, 3.05) is 0 Å². The lowest BCUT2D eigenvalue weighted by atomic mass is 9.61. The van der Waals surface area contributed by atoms with Crippen molar-refractivity contribution in [1.82, 2.24) is 0 Å². The molecular formula is C16H14O2. The summed E-state index contributed by atoms with van der Waals surface area (Å²) in [4.78, 5) is 25.2. The summed E-state index contributed by atoms with van der Waals surface area (Å²) in [6.07, 6.45) is 4.35. The van der Waals surface area contributed by atoms with Crippen molar-refractivity contribution in [3.8, 4) is 0 Å². The molecule has 0 spiro atoms. The zero-order valence-electron chi connectivity index (χ0n) is 10.1. The van der Waals surface area contributed by atoms with Crippen molar-refractivity contribution in [2.45, 2.75) is 25.7 Å². The first-order valence-corrected chi connectivity index (χ1v) is 6.70. The largest absolute Gasteiger partial charge is 0.289 e. The molecule has 0 N–H and O–H groups in total. The van der Waals surface area contributed by atoms with Crippen molar-refractivity contribution < 1.29 is 9.59 Å². The second-order valence-corrected chi connectivity index (χ2v) is 5.58. The monoisotopic (exact) mass is 238 g/mol. The lowest BCUT2D eigenvalue weighted by Gasteiger charge is -2.41. The van der Waals surface area contributed by atoms with E-state index in [1.807, 2.05) is 12.1 Å². The highest BCUT2D eigenvalue weighted by molar-refractivity contribution is 6.27. The highest BCUT2D eigenvalue weighted by Crippen LogP contribution is 2.49. The van der Waals surface area contributed by atoms with E-state index in [4.69, 9.17) is 0 Å². The van der Waals surface area contributed by atoms with Gasteiger partial charge in [-0.1, -0.05) is 24.3 Å². The summed E-state index contributed by atoms with van der Waals surface area (Å²) in [5, 5.41) is 0. The number of hydrogen-bond donors (Lipinski definition) is 0. The van der Waals surface area contributed by atoms with Crippen LogP contribution in [0.4, 0.5) is 0 Å². The minimum atomic E-state index is 0.120. The van der Waals surface area contributed by atoms with Crippen LogP contribution in [0.5, 0.6) is 0 Å². The number of fused-ring (bicyclic) bond motifs is 3. The molecule has 4 aliphatic carbocycles. The fraction of sp³-hybridized carbons (Fsp3) is 0.375. The predicted octanol–water partition coefficient (Wildman–Crippen LogP) is 3.18. The van der Waals surface area contributed by atoms with E-state index in [1.165, 1.54) is 0 Å². The standard InChI is InChI=1S/C16H14O2/c17-15-11-3-1-2-4-12(11)16(18)14-10-7-5-9(6-8-10)13(14)15/h1-4,9-10H,5-8H2. The fourth-order valence-corrected chi connectivity index (χ4v) is 3.90. The first kappa shape index (κ1) is 10.2. The lowest BCUT2D eigenvalue weighted by Crippen LogP contribution is -2.37. The van der Waals surface area contributed by atoms with Gasteiger partial charge in [0.1, 0.15) is 0 Å². The van der Waals surface area contributed by atoms with Crippen LogP contribution in [-0.2, 0) is 0 Å². The number of allylic oxidation sites excluding steroid dienone is 2. The third-order valence-electron chi connectivity index (χ3n) is 4.74. The van der Waals surface area contributed by atoms with Crippen LogP contribution in [0.2, 0.25) is 0 Å². The van der Waals surface area contributed by atoms with E-state index in [9.17, 15) is 9.59 Å². The van der Waals surface area contributed by atoms with Gasteiger partial charge < -0.3 is 0 Å². The van der Waals surface area contributed by atoms with E-state index in [0.29, 0.717) is 23.0 Å². The molecule has 1 aromatic rings. The van der Waals surface area contributed by atoms with Crippen LogP contribution in [-0.4, -0.2) is 11.6 Å². The summed E-state index contributed by atoms with van der Waals surface area (Å²) >= 11 is 0. The van der Waals surface area contributed by atoms with Crippen molar-refractivity contribution in [2.24, 2.45) is 11.8 Å². The second kappa shape index (κ2) is 3.41. The van der Waals surface area contributed by atoms with Crippen molar-refractivity contribution in [1.29, 1.82) is 0 Å². The van der Waals surface area contributed by atoms with Gasteiger partial charge in [0.25, 0.3) is 0 Å². The molecule has 0 radical (unpaired) electrons. The van der Waals surface area contributed by atoms with Gasteiger partial charge in [-0.2, -0.15) is 0 Å². The van der Waals surface area contributed by atoms with Crippen molar-refractivity contribution >= 4 is 11.6 Å². The van der Waals surface area contributed by atoms with Gasteiger partial charge in [0.15, 0.2) is 11.6 Å². The molecule has 18 heavy (non-hydrogen) atoms. The third kappa shape index (κ3) is 1.13. The predicted molar refractivity (Wildman–Crippen MR) is 67.6 cm³/mol. The molecule has 0 saturated heterocycles. The van der Waals surface area contributed by atoms with E-state index >= 15 is 0 Å². The molecule has 0 heterocycles. The zero-order valence-corrected chi connectivity index (χ0v) is 10.1. The van der Waals surface area contributed by atoms with Gasteiger partial charge in [0, 0.05) is 22.3 Å². The van der Waals surface area contributed by atoms with E-state index in [1.54, 1.807) is 12.1 Å². The molecule has 0 aromatic heterocycles. The summed E-state index contributed by atoms with van der Waals surface area (Å²) in [5.41, 5.74) is 2.96. The minimum Gasteiger partial charge on any atom is -0.289 e. The summed E-state index contributed by atoms with van der Waals surface area (Å²) in [6.45, 7) is 0. The quantitative estimate of drug-likeness (QED) is 0.695. The Labute approximate surface area is 106 Å². The number of Topliss-reactive ketones (excluding diaryl/α,β-unsaturated/α-hetero) is 2. The fourth-order valence-electron chi connectivity index (χ4n) is 3.90. The Morgan fingerprint density at radius 1 is 0.722 bits per heavy atom. The molecule has 5 rings (SSSR count). The smallest absolute Gasteiger partial charge is 0.190 e. The van der Waals surface area contributed by atoms with Crippen molar-refractivity contribution in [3.63, 3.8) is 0 Å². The molecule has 2 nitrogen and oxygen atoms in total. The van der Waals surface area contributed by atoms with Gasteiger partial charge >= 0.3 is 0 Å². The lowest BCUT2D eigenvalue weighted by molar-refractivity contribution is 0.0921. The average molecular weight is 238 g/mol. The molecule has 0 aliphatic heterocycles. The summed E-state index contributed by atoms with van der Waals surface area (Å²) in [6, 6.07) is 7.27. The Kier molecular flexibility index (Phi) is 1.94. The SMILES string of the molecule is O=C1C2=C(C(=O)c3ccccc31)C1CCC2CC1. The maximum atomic E-state index is 12.6. The van der Waals surface area contributed by atoms with Gasteiger partial charge in [-0.25, -0.2) is 0 Å². The first-order chi connectivity index (χ1) is 8.77. The Balaban J connectivity index is 1.98. The van der Waals surface area contributed by atoms with E-state index in [2.05, 4.69) is 0 Å². The molecule has 1 aromatic carbocycles. The average Bonchev–Trinajstić information content (AvgIpc) is 2.45. The third-order valence-corrected chi connectivity index (χ3v) is 4.74. The van der Waals surface area contributed by atoms with Crippen LogP contribution >= 0.6 is 0 Å². The molecule has 90 valence electrons. The molecule has 2 bridgehead atoms. The Morgan fingerprint density at radius 3 is 1.50 bits per heavy atom. The van der Waals surface area contributed by atoms with E-state index < -0.39 is 0 Å². The van der Waals surface area contributed by atoms with Crippen LogP contribution < -0.4 is 0 Å². The number of rotatable bonds is 0.